The molecule has 2 atom stereocenters. The summed E-state index contributed by atoms with van der Waals surface area (Å²) in [6.45, 7) is 4.85. The van der Waals surface area contributed by atoms with Crippen LogP contribution < -0.4 is 14.4 Å². The van der Waals surface area contributed by atoms with Crippen LogP contribution >= 0.6 is 0 Å². The standard InChI is InChI=1S/C18H28N2O4S/c1-4-6-9-14(5-2)12-19-18(21)17-13-20(25(3,22)23)15-10-7-8-11-16(15)24-17/h7-8,10-11,14,17H,4-6,9,12-13H2,1-3H3,(H,19,21)/t14-,17-/m1/s1. The van der Waals surface area contributed by atoms with Gasteiger partial charge in [0.05, 0.1) is 18.5 Å². The predicted molar refractivity (Wildman–Crippen MR) is 99.4 cm³/mol. The molecule has 0 aliphatic carbocycles. The summed E-state index contributed by atoms with van der Waals surface area (Å²) in [5, 5.41) is 2.93. The first-order valence-electron chi connectivity index (χ1n) is 8.87. The summed E-state index contributed by atoms with van der Waals surface area (Å²) in [4.78, 5) is 12.5. The number of carbonyl (C=O) groups is 1. The van der Waals surface area contributed by atoms with Gasteiger partial charge in [-0.2, -0.15) is 0 Å². The minimum absolute atomic E-state index is 0.00652. The minimum Gasteiger partial charge on any atom is -0.476 e. The first-order valence-corrected chi connectivity index (χ1v) is 10.7. The summed E-state index contributed by atoms with van der Waals surface area (Å²) >= 11 is 0. The van der Waals surface area contributed by atoms with Crippen LogP contribution in [0.1, 0.15) is 39.5 Å². The monoisotopic (exact) mass is 368 g/mol. The van der Waals surface area contributed by atoms with Crippen LogP contribution in [0.3, 0.4) is 0 Å². The molecule has 0 aromatic heterocycles. The number of unbranched alkanes of at least 4 members (excludes halogenated alkanes) is 1. The van der Waals surface area contributed by atoms with E-state index in [2.05, 4.69) is 19.2 Å². The Morgan fingerprint density at radius 2 is 2.08 bits per heavy atom. The van der Waals surface area contributed by atoms with Crippen LogP contribution in [-0.2, 0) is 14.8 Å². The lowest BCUT2D eigenvalue weighted by Gasteiger charge is -2.34. The molecule has 1 aromatic carbocycles. The molecule has 1 amide bonds. The van der Waals surface area contributed by atoms with Crippen LogP contribution in [0.25, 0.3) is 0 Å². The van der Waals surface area contributed by atoms with E-state index in [0.29, 0.717) is 23.9 Å². The lowest BCUT2D eigenvalue weighted by atomic mass is 9.99. The first-order chi connectivity index (χ1) is 11.9. The van der Waals surface area contributed by atoms with Crippen LogP contribution in [0, 0.1) is 5.92 Å². The Morgan fingerprint density at radius 1 is 1.36 bits per heavy atom. The molecular weight excluding hydrogens is 340 g/mol. The number of para-hydroxylation sites is 2. The summed E-state index contributed by atoms with van der Waals surface area (Å²) in [5.41, 5.74) is 0.475. The maximum Gasteiger partial charge on any atom is 0.263 e. The van der Waals surface area contributed by atoms with Crippen LogP contribution in [0.5, 0.6) is 5.75 Å². The molecule has 0 bridgehead atoms. The molecular formula is C18H28N2O4S. The van der Waals surface area contributed by atoms with Crippen LogP contribution in [0.2, 0.25) is 0 Å². The summed E-state index contributed by atoms with van der Waals surface area (Å²) in [7, 11) is -3.48. The van der Waals surface area contributed by atoms with E-state index in [1.807, 2.05) is 0 Å². The van der Waals surface area contributed by atoms with Gasteiger partial charge in [0.15, 0.2) is 6.10 Å². The Kier molecular flexibility index (Phi) is 6.70. The van der Waals surface area contributed by atoms with Crippen molar-refractivity contribution < 1.29 is 17.9 Å². The third-order valence-corrected chi connectivity index (χ3v) is 5.68. The van der Waals surface area contributed by atoms with Crippen molar-refractivity contribution in [3.8, 4) is 5.75 Å². The number of rotatable bonds is 8. The maximum atomic E-state index is 12.5. The third kappa shape index (κ3) is 5.11. The van der Waals surface area contributed by atoms with E-state index in [4.69, 9.17) is 4.74 Å². The Bertz CT molecular complexity index is 690. The molecule has 1 N–H and O–H groups in total. The molecule has 2 rings (SSSR count). The van der Waals surface area contributed by atoms with Crippen molar-refractivity contribution in [3.63, 3.8) is 0 Å². The van der Waals surface area contributed by atoms with Gasteiger partial charge in [-0.3, -0.25) is 9.10 Å². The van der Waals surface area contributed by atoms with E-state index in [0.717, 1.165) is 31.9 Å². The van der Waals surface area contributed by atoms with Crippen molar-refractivity contribution in [2.24, 2.45) is 5.92 Å². The van der Waals surface area contributed by atoms with Crippen molar-refractivity contribution in [2.45, 2.75) is 45.6 Å². The van der Waals surface area contributed by atoms with Gasteiger partial charge in [0.2, 0.25) is 10.0 Å². The molecule has 0 spiro atoms. The van der Waals surface area contributed by atoms with Gasteiger partial charge in [0, 0.05) is 6.54 Å². The van der Waals surface area contributed by atoms with Gasteiger partial charge in [-0.15, -0.1) is 0 Å². The van der Waals surface area contributed by atoms with Gasteiger partial charge in [-0.25, -0.2) is 8.42 Å². The molecule has 0 radical (unpaired) electrons. The average molecular weight is 368 g/mol. The molecule has 1 aliphatic heterocycles. The maximum absolute atomic E-state index is 12.5. The predicted octanol–water partition coefficient (Wildman–Crippen LogP) is 2.55. The van der Waals surface area contributed by atoms with E-state index in [-0.39, 0.29) is 12.5 Å². The van der Waals surface area contributed by atoms with Crippen LogP contribution in [0.15, 0.2) is 24.3 Å². The summed E-state index contributed by atoms with van der Waals surface area (Å²) in [5.74, 6) is 0.584. The number of benzene rings is 1. The number of hydrogen-bond acceptors (Lipinski definition) is 4. The summed E-state index contributed by atoms with van der Waals surface area (Å²) < 4.78 is 31.2. The zero-order valence-electron chi connectivity index (χ0n) is 15.2. The van der Waals surface area contributed by atoms with Gasteiger partial charge >= 0.3 is 0 Å². The van der Waals surface area contributed by atoms with Gasteiger partial charge in [-0.1, -0.05) is 45.2 Å². The van der Waals surface area contributed by atoms with Crippen LogP contribution in [-0.4, -0.2) is 39.8 Å². The fourth-order valence-corrected chi connectivity index (χ4v) is 3.87. The lowest BCUT2D eigenvalue weighted by molar-refractivity contribution is -0.127. The number of carbonyl (C=O) groups excluding carboxylic acids is 1. The van der Waals surface area contributed by atoms with Crippen molar-refractivity contribution in [1.82, 2.24) is 5.32 Å². The third-order valence-electron chi connectivity index (χ3n) is 4.54. The molecule has 0 saturated heterocycles. The Hall–Kier alpha value is -1.76. The molecule has 7 heteroatoms. The summed E-state index contributed by atoms with van der Waals surface area (Å²) in [6.07, 6.45) is 4.66. The highest BCUT2D eigenvalue weighted by atomic mass is 32.2. The molecule has 6 nitrogen and oxygen atoms in total. The highest BCUT2D eigenvalue weighted by Gasteiger charge is 2.34. The second-order valence-electron chi connectivity index (χ2n) is 6.53. The van der Waals surface area contributed by atoms with E-state index in [1.54, 1.807) is 24.3 Å². The molecule has 140 valence electrons. The molecule has 1 aliphatic rings. The molecule has 25 heavy (non-hydrogen) atoms. The number of anilines is 1. The topological polar surface area (TPSA) is 75.7 Å². The smallest absolute Gasteiger partial charge is 0.263 e. The molecule has 0 unspecified atom stereocenters. The number of ether oxygens (including phenoxy) is 1. The van der Waals surface area contributed by atoms with Gasteiger partial charge in [0.1, 0.15) is 5.75 Å². The van der Waals surface area contributed by atoms with Crippen LogP contribution in [0.4, 0.5) is 5.69 Å². The SMILES string of the molecule is CCCC[C@@H](CC)CNC(=O)[C@H]1CN(S(C)(=O)=O)c2ccccc2O1. The highest BCUT2D eigenvalue weighted by molar-refractivity contribution is 7.92. The zero-order valence-corrected chi connectivity index (χ0v) is 16.0. The number of fused-ring (bicyclic) bond motifs is 1. The molecule has 1 heterocycles. The highest BCUT2D eigenvalue weighted by Crippen LogP contribution is 2.34. The van der Waals surface area contributed by atoms with E-state index >= 15 is 0 Å². The van der Waals surface area contributed by atoms with E-state index < -0.39 is 16.1 Å². The normalized spacial score (nSPS) is 18.2. The molecule has 0 saturated carbocycles. The number of nitrogens with zero attached hydrogens (tertiary/aromatic N) is 1. The minimum atomic E-state index is -3.48. The number of sulfonamides is 1. The van der Waals surface area contributed by atoms with E-state index in [9.17, 15) is 13.2 Å². The lowest BCUT2D eigenvalue weighted by Crippen LogP contribution is -2.51. The quantitative estimate of drug-likeness (QED) is 0.765. The fraction of sp³-hybridized carbons (Fsp3) is 0.611. The Morgan fingerprint density at radius 3 is 2.72 bits per heavy atom. The molecule has 1 aromatic rings. The molecule has 0 fully saturated rings. The van der Waals surface area contributed by atoms with Gasteiger partial charge in [-0.05, 0) is 24.5 Å². The van der Waals surface area contributed by atoms with Crippen molar-refractivity contribution in [1.29, 1.82) is 0 Å². The first kappa shape index (κ1) is 19.6. The number of amides is 1. The van der Waals surface area contributed by atoms with Gasteiger partial charge in [0.25, 0.3) is 5.91 Å². The number of nitrogens with one attached hydrogen (secondary N) is 1. The van der Waals surface area contributed by atoms with Crippen molar-refractivity contribution in [3.05, 3.63) is 24.3 Å². The average Bonchev–Trinajstić information content (AvgIpc) is 2.59. The van der Waals surface area contributed by atoms with E-state index in [1.165, 1.54) is 4.31 Å². The summed E-state index contributed by atoms with van der Waals surface area (Å²) in [6, 6.07) is 6.88. The Labute approximate surface area is 150 Å². The fourth-order valence-electron chi connectivity index (χ4n) is 2.95. The number of hydrogen-bond donors (Lipinski definition) is 1. The second-order valence-corrected chi connectivity index (χ2v) is 8.44. The van der Waals surface area contributed by atoms with Gasteiger partial charge < -0.3 is 10.1 Å². The van der Waals surface area contributed by atoms with Crippen molar-refractivity contribution >= 4 is 21.6 Å². The largest absolute Gasteiger partial charge is 0.476 e. The zero-order chi connectivity index (χ0) is 18.4. The Balaban J connectivity index is 2.06. The van der Waals surface area contributed by atoms with Crippen molar-refractivity contribution in [2.75, 3.05) is 23.7 Å². The second kappa shape index (κ2) is 8.56.